The summed E-state index contributed by atoms with van der Waals surface area (Å²) in [6.07, 6.45) is 3.08. The third kappa shape index (κ3) is 6.26. The van der Waals surface area contributed by atoms with E-state index in [9.17, 15) is 13.2 Å². The molecule has 1 radical (unpaired) electrons. The number of nitrogens with one attached hydrogen (secondary N) is 1. The summed E-state index contributed by atoms with van der Waals surface area (Å²) in [4.78, 5) is 13.8. The topological polar surface area (TPSA) is 108 Å². The van der Waals surface area contributed by atoms with Crippen LogP contribution in [-0.4, -0.2) is 63.1 Å². The largest absolute Gasteiger partial charge is 0.496 e. The predicted molar refractivity (Wildman–Crippen MR) is 140 cm³/mol. The Bertz CT molecular complexity index is 1480. The summed E-state index contributed by atoms with van der Waals surface area (Å²) in [5.74, 6) is 1.50. The molecule has 0 fully saturated rings. The molecule has 0 saturated carbocycles. The smallest absolute Gasteiger partial charge is 0.263 e. The number of benzene rings is 2. The van der Waals surface area contributed by atoms with E-state index in [0.29, 0.717) is 28.4 Å². The minimum Gasteiger partial charge on any atom is -0.496 e. The number of aromatic nitrogens is 1. The number of rotatable bonds is 9. The number of nitrogens with zero attached hydrogens (tertiary/aromatic N) is 1. The van der Waals surface area contributed by atoms with Gasteiger partial charge < -0.3 is 14.0 Å². The number of ether oxygens (including phenoxy) is 2. The van der Waals surface area contributed by atoms with Crippen LogP contribution in [0.3, 0.4) is 0 Å². The average Bonchev–Trinajstić information content (AvgIpc) is 3.53. The maximum Gasteiger partial charge on any atom is 0.263 e. The molecule has 0 aliphatic carbocycles. The number of sulfonamides is 1. The van der Waals surface area contributed by atoms with E-state index >= 15 is 0 Å². The van der Waals surface area contributed by atoms with E-state index < -0.39 is 10.0 Å². The van der Waals surface area contributed by atoms with Crippen LogP contribution in [0.2, 0.25) is 0 Å². The van der Waals surface area contributed by atoms with Gasteiger partial charge in [-0.3, -0.25) is 9.52 Å². The fraction of sp³-hybridized carbons (Fsp3) is 0.120. The van der Waals surface area contributed by atoms with Crippen LogP contribution in [0.1, 0.15) is 21.7 Å². The van der Waals surface area contributed by atoms with Crippen molar-refractivity contribution in [3.05, 3.63) is 82.9 Å². The van der Waals surface area contributed by atoms with Gasteiger partial charge in [-0.25, -0.2) is 8.42 Å². The third-order valence-corrected chi connectivity index (χ3v) is 7.34. The van der Waals surface area contributed by atoms with Crippen molar-refractivity contribution < 1.29 is 27.2 Å². The van der Waals surface area contributed by atoms with Crippen molar-refractivity contribution in [3.8, 4) is 21.9 Å². The molecule has 1 N–H and O–H groups in total. The molecule has 11 heteroatoms. The maximum absolute atomic E-state index is 12.8. The van der Waals surface area contributed by atoms with Gasteiger partial charge in [-0.2, -0.15) is 0 Å². The van der Waals surface area contributed by atoms with Crippen molar-refractivity contribution in [2.45, 2.75) is 11.8 Å². The Hall–Kier alpha value is -2.89. The van der Waals surface area contributed by atoms with Crippen molar-refractivity contribution in [1.82, 2.24) is 5.16 Å². The first kappa shape index (κ1) is 27.7. The van der Waals surface area contributed by atoms with Crippen molar-refractivity contribution in [2.24, 2.45) is 0 Å². The number of hydrogen-bond donors (Lipinski definition) is 1. The molecule has 0 aliphatic rings. The van der Waals surface area contributed by atoms with Gasteiger partial charge in [-0.05, 0) is 60.9 Å². The standard InChI is InChI=1S/C25H22N2O6S2.Na/c1-16-13-25(26-33-16)27-35(29,30)19-9-6-17(7-10-19)21(28)11-8-18-14-20(24-5-4-12-34-24)23(32-3)15-22(18)31-2;/h4-15H,1-3H3,(H,26,27);. The zero-order chi connectivity index (χ0) is 25.0. The molecule has 0 aliphatic heterocycles. The molecular formula is C25H22N2NaO6S2. The first-order valence-corrected chi connectivity index (χ1v) is 12.8. The molecule has 36 heavy (non-hydrogen) atoms. The molecular weight excluding hydrogens is 511 g/mol. The first-order chi connectivity index (χ1) is 16.8. The molecule has 0 unspecified atom stereocenters. The molecule has 4 aromatic rings. The van der Waals surface area contributed by atoms with Crippen molar-refractivity contribution in [3.63, 3.8) is 0 Å². The van der Waals surface area contributed by atoms with E-state index in [1.54, 1.807) is 44.6 Å². The van der Waals surface area contributed by atoms with Crippen molar-refractivity contribution >= 4 is 68.6 Å². The van der Waals surface area contributed by atoms with E-state index in [4.69, 9.17) is 14.0 Å². The molecule has 2 aromatic heterocycles. The van der Waals surface area contributed by atoms with Crippen LogP contribution in [0.5, 0.6) is 11.5 Å². The van der Waals surface area contributed by atoms with Gasteiger partial charge in [0.05, 0.1) is 19.1 Å². The Labute approximate surface area is 235 Å². The Morgan fingerprint density at radius 3 is 2.36 bits per heavy atom. The van der Waals surface area contributed by atoms with Crippen LogP contribution in [0.25, 0.3) is 16.5 Å². The summed E-state index contributed by atoms with van der Waals surface area (Å²) in [6, 6.07) is 14.7. The Morgan fingerprint density at radius 2 is 1.78 bits per heavy atom. The van der Waals surface area contributed by atoms with Crippen molar-refractivity contribution in [2.75, 3.05) is 18.9 Å². The molecule has 0 atom stereocenters. The summed E-state index contributed by atoms with van der Waals surface area (Å²) >= 11 is 1.58. The van der Waals surface area contributed by atoms with Crippen LogP contribution in [0.4, 0.5) is 5.82 Å². The molecule has 2 heterocycles. The minimum absolute atomic E-state index is 0. The number of thiophene rings is 1. The Kier molecular flexibility index (Phi) is 9.15. The second kappa shape index (κ2) is 11.9. The van der Waals surface area contributed by atoms with Gasteiger partial charge in [0.1, 0.15) is 17.3 Å². The summed E-state index contributed by atoms with van der Waals surface area (Å²) in [6.45, 7) is 1.66. The van der Waals surface area contributed by atoms with Gasteiger partial charge in [0, 0.05) is 63.3 Å². The SMILES string of the molecule is COc1cc(OC)c(-c2cccs2)cc1C=CC(=O)c1ccc(S(=O)(=O)Nc2cc(C)on2)cc1.[Na]. The fourth-order valence-electron chi connectivity index (χ4n) is 3.35. The first-order valence-electron chi connectivity index (χ1n) is 10.4. The quantitative estimate of drug-likeness (QED) is 0.182. The number of methoxy groups -OCH3 is 2. The zero-order valence-electron chi connectivity index (χ0n) is 20.1. The summed E-state index contributed by atoms with van der Waals surface area (Å²) in [7, 11) is -0.727. The second-order valence-corrected chi connectivity index (χ2v) is 10.1. The van der Waals surface area contributed by atoms with E-state index in [2.05, 4.69) is 9.88 Å². The van der Waals surface area contributed by atoms with Gasteiger partial charge in [0.25, 0.3) is 10.0 Å². The average molecular weight is 534 g/mol. The molecule has 0 amide bonds. The van der Waals surface area contributed by atoms with Gasteiger partial charge in [0.15, 0.2) is 11.6 Å². The summed E-state index contributed by atoms with van der Waals surface area (Å²) in [5, 5.41) is 5.60. The number of ketones is 1. The van der Waals surface area contributed by atoms with Crippen LogP contribution in [-0.2, 0) is 10.0 Å². The van der Waals surface area contributed by atoms with E-state index in [1.165, 1.54) is 36.4 Å². The number of carbonyl (C=O) groups is 1. The number of aryl methyl sites for hydroxylation is 1. The van der Waals surface area contributed by atoms with E-state index in [1.807, 2.05) is 23.6 Å². The molecule has 0 spiro atoms. The fourth-order valence-corrected chi connectivity index (χ4v) is 5.08. The van der Waals surface area contributed by atoms with Crippen LogP contribution >= 0.6 is 11.3 Å². The van der Waals surface area contributed by atoms with E-state index in [0.717, 1.165) is 10.4 Å². The second-order valence-electron chi connectivity index (χ2n) is 7.42. The third-order valence-electron chi connectivity index (χ3n) is 5.07. The predicted octanol–water partition coefficient (Wildman–Crippen LogP) is 5.04. The van der Waals surface area contributed by atoms with Gasteiger partial charge in [-0.15, -0.1) is 11.3 Å². The summed E-state index contributed by atoms with van der Waals surface area (Å²) in [5.41, 5.74) is 1.93. The van der Waals surface area contributed by atoms with Crippen LogP contribution < -0.4 is 14.2 Å². The van der Waals surface area contributed by atoms with Crippen LogP contribution in [0.15, 0.2) is 75.5 Å². The molecule has 8 nitrogen and oxygen atoms in total. The van der Waals surface area contributed by atoms with E-state index in [-0.39, 0.29) is 46.1 Å². The van der Waals surface area contributed by atoms with Gasteiger partial charge in [0.2, 0.25) is 0 Å². The van der Waals surface area contributed by atoms with Crippen molar-refractivity contribution in [1.29, 1.82) is 0 Å². The number of allylic oxidation sites excluding steroid dienone is 1. The monoisotopic (exact) mass is 533 g/mol. The molecule has 0 saturated heterocycles. The van der Waals surface area contributed by atoms with Gasteiger partial charge >= 0.3 is 0 Å². The molecule has 0 bridgehead atoms. The summed E-state index contributed by atoms with van der Waals surface area (Å²) < 4.78 is 43.3. The molecule has 2 aromatic carbocycles. The number of hydrogen-bond acceptors (Lipinski definition) is 8. The number of carbonyl (C=O) groups excluding carboxylic acids is 1. The zero-order valence-corrected chi connectivity index (χ0v) is 23.8. The Morgan fingerprint density at radius 1 is 1.06 bits per heavy atom. The van der Waals surface area contributed by atoms with Crippen LogP contribution in [0, 0.1) is 6.92 Å². The molecule has 4 rings (SSSR count). The molecule has 181 valence electrons. The maximum atomic E-state index is 12.8. The normalized spacial score (nSPS) is 11.2. The number of anilines is 1. The minimum atomic E-state index is -3.87. The Balaban J connectivity index is 0.00000361. The van der Waals surface area contributed by atoms with Gasteiger partial charge in [-0.1, -0.05) is 11.2 Å².